The van der Waals surface area contributed by atoms with Gasteiger partial charge in [-0.05, 0) is 25.2 Å². The molecule has 0 saturated heterocycles. The summed E-state index contributed by atoms with van der Waals surface area (Å²) in [6.45, 7) is 6.37. The quantitative estimate of drug-likeness (QED) is 0.540. The third-order valence-electron chi connectivity index (χ3n) is 2.05. The van der Waals surface area contributed by atoms with Crippen LogP contribution in [0.15, 0.2) is 0 Å². The maximum atomic E-state index is 11.7. The molecule has 0 unspecified atom stereocenters. The van der Waals surface area contributed by atoms with Gasteiger partial charge in [0.25, 0.3) is 0 Å². The zero-order chi connectivity index (χ0) is 12.2. The van der Waals surface area contributed by atoms with E-state index in [9.17, 15) is 4.79 Å². The van der Waals surface area contributed by atoms with Crippen LogP contribution in [0, 0.1) is 42.7 Å². The molecule has 16 heavy (non-hydrogen) atoms. The summed E-state index contributed by atoms with van der Waals surface area (Å²) in [6, 6.07) is 0. The van der Waals surface area contributed by atoms with E-state index in [0.29, 0.717) is 6.42 Å². The van der Waals surface area contributed by atoms with E-state index in [1.54, 1.807) is 20.0 Å². The van der Waals surface area contributed by atoms with Gasteiger partial charge in [-0.2, -0.15) is 0 Å². The lowest BCUT2D eigenvalue weighted by Gasteiger charge is -2.22. The minimum atomic E-state index is -1.46. The summed E-state index contributed by atoms with van der Waals surface area (Å²) in [4.78, 5) is 11.7. The lowest BCUT2D eigenvalue weighted by molar-refractivity contribution is -0.112. The van der Waals surface area contributed by atoms with E-state index in [1.165, 1.54) is 0 Å². The molecule has 0 atom stereocenters. The normalized spacial score (nSPS) is 19.0. The van der Waals surface area contributed by atoms with E-state index in [1.807, 2.05) is 6.42 Å². The molecule has 3 heteroatoms. The number of rotatable bonds is 2. The van der Waals surface area contributed by atoms with Crippen molar-refractivity contribution in [3.05, 3.63) is 31.3 Å². The molecule has 1 aliphatic carbocycles. The van der Waals surface area contributed by atoms with Gasteiger partial charge in [0.2, 0.25) is 5.78 Å². The molecule has 0 aromatic heterocycles. The zero-order valence-corrected chi connectivity index (χ0v) is 11.3. The van der Waals surface area contributed by atoms with E-state index in [-0.39, 0.29) is 5.78 Å². The molecule has 0 amide bonds. The molecule has 1 rings (SSSR count). The van der Waals surface area contributed by atoms with Crippen LogP contribution < -0.4 is 0 Å². The molecule has 0 aromatic carbocycles. The van der Waals surface area contributed by atoms with Gasteiger partial charge in [-0.3, -0.25) is 4.79 Å². The molecule has 0 N–H and O–H groups in total. The van der Waals surface area contributed by atoms with E-state index in [0.717, 1.165) is 12.0 Å². The minimum Gasteiger partial charge on any atom is -0.375 e. The Morgan fingerprint density at radius 3 is 2.50 bits per heavy atom. The third-order valence-corrected chi connectivity index (χ3v) is 2.93. The SMILES string of the molecule is CO[C]1[CH][CH][C](C(=O)C#C[Si](C)(C)C)C[CH]1. The van der Waals surface area contributed by atoms with Crippen LogP contribution in [-0.4, -0.2) is 21.0 Å². The molecular formula is C13H17O2Si. The molecule has 0 aromatic rings. The summed E-state index contributed by atoms with van der Waals surface area (Å²) in [5.74, 6) is 3.42. The summed E-state index contributed by atoms with van der Waals surface area (Å²) in [6.07, 6.45) is 6.89. The first-order valence-corrected chi connectivity index (χ1v) is 8.78. The predicted molar refractivity (Wildman–Crippen MR) is 67.1 cm³/mol. The van der Waals surface area contributed by atoms with Crippen LogP contribution in [0.3, 0.4) is 0 Å². The molecule has 0 spiro atoms. The maximum Gasteiger partial charge on any atom is 0.212 e. The molecule has 2 nitrogen and oxygen atoms in total. The van der Waals surface area contributed by atoms with Crippen LogP contribution in [0.4, 0.5) is 0 Å². The van der Waals surface area contributed by atoms with Crippen molar-refractivity contribution < 1.29 is 9.53 Å². The van der Waals surface area contributed by atoms with Crippen molar-refractivity contribution in [3.63, 3.8) is 0 Å². The Morgan fingerprint density at radius 2 is 2.06 bits per heavy atom. The largest absolute Gasteiger partial charge is 0.375 e. The van der Waals surface area contributed by atoms with Gasteiger partial charge < -0.3 is 4.74 Å². The Morgan fingerprint density at radius 1 is 1.38 bits per heavy atom. The van der Waals surface area contributed by atoms with E-state index < -0.39 is 8.07 Å². The maximum absolute atomic E-state index is 11.7. The Labute approximate surface area is 99.8 Å². The van der Waals surface area contributed by atoms with Gasteiger partial charge in [0, 0.05) is 13.5 Å². The van der Waals surface area contributed by atoms with Crippen LogP contribution in [0.5, 0.6) is 0 Å². The van der Waals surface area contributed by atoms with Crippen LogP contribution in [0.2, 0.25) is 19.6 Å². The van der Waals surface area contributed by atoms with Crippen LogP contribution in [0.1, 0.15) is 6.42 Å². The standard InChI is InChI=1S/C13H17O2Si/c1-15-12-7-5-11(6-8-12)13(14)9-10-16(2,3)4/h5,7-8H,6H2,1-4H3. The summed E-state index contributed by atoms with van der Waals surface area (Å²) in [5, 5.41) is 0. The van der Waals surface area contributed by atoms with Crippen molar-refractivity contribution in [3.8, 4) is 11.5 Å². The fourth-order valence-electron chi connectivity index (χ4n) is 1.17. The van der Waals surface area contributed by atoms with Gasteiger partial charge in [0.1, 0.15) is 14.2 Å². The molecule has 0 bridgehead atoms. The van der Waals surface area contributed by atoms with E-state index in [4.69, 9.17) is 4.74 Å². The van der Waals surface area contributed by atoms with Gasteiger partial charge in [0.15, 0.2) is 0 Å². The number of ketones is 1. The average molecular weight is 233 g/mol. The molecule has 5 radical (unpaired) electrons. The number of hydrogen-bond donors (Lipinski definition) is 0. The summed E-state index contributed by atoms with van der Waals surface area (Å²) >= 11 is 0. The fourth-order valence-corrected chi connectivity index (χ4v) is 1.66. The monoisotopic (exact) mass is 233 g/mol. The lowest BCUT2D eigenvalue weighted by Crippen LogP contribution is -2.22. The average Bonchev–Trinajstić information content (AvgIpc) is 2.25. The Hall–Kier alpha value is -0.593. The van der Waals surface area contributed by atoms with Gasteiger partial charge in [-0.15, -0.1) is 5.54 Å². The Balaban J connectivity index is 2.47. The second kappa shape index (κ2) is 5.65. The van der Waals surface area contributed by atoms with Crippen molar-refractivity contribution in [2.45, 2.75) is 26.1 Å². The smallest absolute Gasteiger partial charge is 0.212 e. The second-order valence-corrected chi connectivity index (χ2v) is 9.45. The molecule has 1 aliphatic rings. The summed E-state index contributed by atoms with van der Waals surface area (Å²) in [7, 11) is 0.156. The molecule has 1 fully saturated rings. The second-order valence-electron chi connectivity index (χ2n) is 4.70. The lowest BCUT2D eigenvalue weighted by atomic mass is 9.85. The molecule has 1 saturated carbocycles. The van der Waals surface area contributed by atoms with Crippen LogP contribution in [-0.2, 0) is 9.53 Å². The highest BCUT2D eigenvalue weighted by Gasteiger charge is 2.27. The molecule has 0 aliphatic heterocycles. The first-order chi connectivity index (χ1) is 7.42. The minimum absolute atomic E-state index is 0.0647. The highest BCUT2D eigenvalue weighted by molar-refractivity contribution is 6.84. The summed E-state index contributed by atoms with van der Waals surface area (Å²) < 4.78 is 5.05. The number of carbonyl (C=O) groups excluding carboxylic acids is 1. The molecule has 85 valence electrons. The first-order valence-electron chi connectivity index (χ1n) is 5.28. The van der Waals surface area contributed by atoms with Gasteiger partial charge in [-0.25, -0.2) is 0 Å². The van der Waals surface area contributed by atoms with Crippen molar-refractivity contribution in [1.82, 2.24) is 0 Å². The number of Topliss-reactive ketones (excluding diaryl/α,β-unsaturated/α-hetero) is 1. The van der Waals surface area contributed by atoms with Crippen molar-refractivity contribution in [1.29, 1.82) is 0 Å². The van der Waals surface area contributed by atoms with Crippen molar-refractivity contribution in [2.75, 3.05) is 7.11 Å². The number of ether oxygens (including phenoxy) is 1. The topological polar surface area (TPSA) is 26.3 Å². The van der Waals surface area contributed by atoms with Gasteiger partial charge in [0.05, 0.1) is 5.92 Å². The Bertz CT molecular complexity index is 298. The Kier molecular flexibility index (Phi) is 4.76. The summed E-state index contributed by atoms with van der Waals surface area (Å²) in [5.41, 5.74) is 3.08. The van der Waals surface area contributed by atoms with E-state index >= 15 is 0 Å². The number of methoxy groups -OCH3 is 1. The van der Waals surface area contributed by atoms with E-state index in [2.05, 4.69) is 31.1 Å². The highest BCUT2D eigenvalue weighted by Crippen LogP contribution is 2.29. The molecular weight excluding hydrogens is 216 g/mol. The highest BCUT2D eigenvalue weighted by atomic mass is 28.3. The zero-order valence-electron chi connectivity index (χ0n) is 10.3. The van der Waals surface area contributed by atoms with Gasteiger partial charge >= 0.3 is 0 Å². The van der Waals surface area contributed by atoms with Crippen molar-refractivity contribution >= 4 is 13.9 Å². The predicted octanol–water partition coefficient (Wildman–Crippen LogP) is 2.21. The third kappa shape index (κ3) is 4.50. The van der Waals surface area contributed by atoms with Gasteiger partial charge in [-0.1, -0.05) is 19.6 Å². The van der Waals surface area contributed by atoms with Crippen LogP contribution >= 0.6 is 0 Å². The number of carbonyl (C=O) groups is 1. The number of hydrogen-bond acceptors (Lipinski definition) is 2. The fraction of sp³-hybridized carbons (Fsp3) is 0.385. The molecule has 0 heterocycles. The first kappa shape index (κ1) is 13.5. The van der Waals surface area contributed by atoms with Crippen molar-refractivity contribution in [2.24, 2.45) is 0 Å². The van der Waals surface area contributed by atoms with Crippen LogP contribution in [0.25, 0.3) is 0 Å².